The summed E-state index contributed by atoms with van der Waals surface area (Å²) >= 11 is 0. The van der Waals surface area contributed by atoms with Crippen molar-refractivity contribution in [1.29, 1.82) is 0 Å². The van der Waals surface area contributed by atoms with Crippen LogP contribution >= 0.6 is 0 Å². The van der Waals surface area contributed by atoms with E-state index in [4.69, 9.17) is 18.6 Å². The minimum Gasteiger partial charge on any atom is -0.468 e. The second kappa shape index (κ2) is 11.4. The molecule has 1 amide bonds. The third-order valence-electron chi connectivity index (χ3n) is 4.60. The van der Waals surface area contributed by atoms with E-state index in [9.17, 15) is 14.9 Å². The molecular weight excluding hydrogens is 466 g/mol. The van der Waals surface area contributed by atoms with Crippen molar-refractivity contribution < 1.29 is 28.3 Å². The molecule has 0 N–H and O–H groups in total. The predicted octanol–water partition coefficient (Wildman–Crippen LogP) is 5.55. The first kappa shape index (κ1) is 26.2. The molecule has 0 aliphatic heterocycles. The van der Waals surface area contributed by atoms with Gasteiger partial charge in [0, 0.05) is 25.1 Å². The first-order valence-electron chi connectivity index (χ1n) is 11.1. The molecule has 0 aliphatic carbocycles. The summed E-state index contributed by atoms with van der Waals surface area (Å²) in [4.78, 5) is 28.2. The molecule has 36 heavy (non-hydrogen) atoms. The van der Waals surface area contributed by atoms with E-state index in [1.54, 1.807) is 39.0 Å². The quantitative estimate of drug-likeness (QED) is 0.138. The molecule has 3 aromatic rings. The third kappa shape index (κ3) is 7.07. The van der Waals surface area contributed by atoms with Gasteiger partial charge in [0.25, 0.3) is 5.82 Å². The van der Waals surface area contributed by atoms with Gasteiger partial charge < -0.3 is 28.7 Å². The molecule has 0 bridgehead atoms. The van der Waals surface area contributed by atoms with E-state index in [-0.39, 0.29) is 18.2 Å². The molecule has 0 spiro atoms. The molecule has 0 atom stereocenters. The van der Waals surface area contributed by atoms with E-state index in [1.165, 1.54) is 25.3 Å². The fraction of sp³-hybridized carbons (Fsp3) is 0.308. The van der Waals surface area contributed by atoms with Crippen LogP contribution in [0.1, 0.15) is 39.0 Å². The molecule has 10 nitrogen and oxygen atoms in total. The summed E-state index contributed by atoms with van der Waals surface area (Å²) < 4.78 is 21.7. The van der Waals surface area contributed by atoms with Crippen LogP contribution in [0, 0.1) is 22.0 Å². The number of nitrogens with zero attached hydrogens (tertiary/aromatic N) is 3. The maximum absolute atomic E-state index is 12.2. The molecule has 0 radical (unpaired) electrons. The second-order valence-corrected chi connectivity index (χ2v) is 8.54. The maximum Gasteiger partial charge on any atom is 0.417 e. The first-order chi connectivity index (χ1) is 17.1. The topological polar surface area (TPSA) is 117 Å². The normalized spacial score (nSPS) is 11.2. The standard InChI is InChI=1S/C26H27N3O7/c1-6-33-17-34-20-12-13-22-19(15-20)16-21(35-22)10-8-7-9-18-11-14-23(27-24(18)29(31)32)28(5)25(30)36-26(2,3)4/h8,10-16H,6,17H2,1-5H3/b10-8+. The van der Waals surface area contributed by atoms with Gasteiger partial charge >= 0.3 is 11.9 Å². The minimum atomic E-state index is -0.714. The van der Waals surface area contributed by atoms with E-state index in [0.29, 0.717) is 23.7 Å². The van der Waals surface area contributed by atoms with E-state index in [2.05, 4.69) is 16.8 Å². The van der Waals surface area contributed by atoms with Gasteiger partial charge in [-0.2, -0.15) is 0 Å². The molecule has 0 saturated heterocycles. The number of rotatable bonds is 7. The number of allylic oxidation sites excluding steroid dienone is 1. The Balaban J connectivity index is 1.75. The van der Waals surface area contributed by atoms with Crippen LogP contribution in [-0.4, -0.2) is 42.0 Å². The van der Waals surface area contributed by atoms with Crippen LogP contribution in [0.4, 0.5) is 16.4 Å². The Hall–Kier alpha value is -4.36. The smallest absolute Gasteiger partial charge is 0.417 e. The molecule has 1 aromatic carbocycles. The number of carbonyl (C=O) groups is 1. The van der Waals surface area contributed by atoms with E-state index in [1.807, 2.05) is 19.1 Å². The monoisotopic (exact) mass is 493 g/mol. The lowest BCUT2D eigenvalue weighted by atomic mass is 10.2. The van der Waals surface area contributed by atoms with Crippen molar-refractivity contribution in [2.75, 3.05) is 25.3 Å². The summed E-state index contributed by atoms with van der Waals surface area (Å²) in [5.41, 5.74) is 0.0664. The number of anilines is 1. The average Bonchev–Trinajstić information content (AvgIpc) is 3.22. The number of hydrogen-bond donors (Lipinski definition) is 0. The molecule has 2 aromatic heterocycles. The number of fused-ring (bicyclic) bond motifs is 1. The van der Waals surface area contributed by atoms with Gasteiger partial charge in [0.1, 0.15) is 28.3 Å². The number of benzene rings is 1. The van der Waals surface area contributed by atoms with Crippen molar-refractivity contribution >= 4 is 34.8 Å². The van der Waals surface area contributed by atoms with Gasteiger partial charge in [-0.3, -0.25) is 0 Å². The van der Waals surface area contributed by atoms with E-state index >= 15 is 0 Å². The van der Waals surface area contributed by atoms with Crippen LogP contribution < -0.4 is 9.64 Å². The van der Waals surface area contributed by atoms with Gasteiger partial charge in [-0.1, -0.05) is 11.8 Å². The van der Waals surface area contributed by atoms with Gasteiger partial charge in [-0.05, 0) is 80.1 Å². The SMILES string of the molecule is CCOCOc1ccc2oc(/C=C/C#Cc3ccc(N(C)C(=O)OC(C)(C)C)nc3[N+](=O)[O-])cc2c1. The number of amides is 1. The summed E-state index contributed by atoms with van der Waals surface area (Å²) in [6.07, 6.45) is 2.50. The third-order valence-corrected chi connectivity index (χ3v) is 4.60. The van der Waals surface area contributed by atoms with Crippen LogP contribution in [0.15, 0.2) is 46.9 Å². The average molecular weight is 494 g/mol. The first-order valence-corrected chi connectivity index (χ1v) is 11.1. The fourth-order valence-electron chi connectivity index (χ4n) is 2.94. The van der Waals surface area contributed by atoms with Gasteiger partial charge in [-0.25, -0.2) is 9.69 Å². The predicted molar refractivity (Wildman–Crippen MR) is 135 cm³/mol. The lowest BCUT2D eigenvalue weighted by Crippen LogP contribution is -2.34. The number of ether oxygens (including phenoxy) is 3. The molecule has 0 aliphatic rings. The zero-order valence-electron chi connectivity index (χ0n) is 20.7. The Morgan fingerprint density at radius 3 is 2.72 bits per heavy atom. The minimum absolute atomic E-state index is 0.0731. The van der Waals surface area contributed by atoms with Crippen LogP contribution in [0.5, 0.6) is 5.75 Å². The highest BCUT2D eigenvalue weighted by Gasteiger charge is 2.25. The number of hydrogen-bond acceptors (Lipinski definition) is 8. The molecule has 2 heterocycles. The van der Waals surface area contributed by atoms with Crippen molar-refractivity contribution in [2.24, 2.45) is 0 Å². The largest absolute Gasteiger partial charge is 0.468 e. The summed E-state index contributed by atoms with van der Waals surface area (Å²) in [7, 11) is 1.43. The number of carbonyl (C=O) groups excluding carboxylic acids is 1. The van der Waals surface area contributed by atoms with Crippen LogP contribution in [0.3, 0.4) is 0 Å². The molecular formula is C26H27N3O7. The van der Waals surface area contributed by atoms with Crippen molar-refractivity contribution in [3.05, 3.63) is 63.9 Å². The molecule has 0 unspecified atom stereocenters. The van der Waals surface area contributed by atoms with E-state index in [0.717, 1.165) is 10.3 Å². The highest BCUT2D eigenvalue weighted by Crippen LogP contribution is 2.25. The molecule has 0 fully saturated rings. The lowest BCUT2D eigenvalue weighted by Gasteiger charge is -2.22. The van der Waals surface area contributed by atoms with Crippen molar-refractivity contribution in [3.8, 4) is 17.6 Å². The Bertz CT molecular complexity index is 1340. The van der Waals surface area contributed by atoms with Crippen molar-refractivity contribution in [3.63, 3.8) is 0 Å². The second-order valence-electron chi connectivity index (χ2n) is 8.54. The maximum atomic E-state index is 12.2. The number of furan rings is 1. The van der Waals surface area contributed by atoms with Crippen LogP contribution in [0.25, 0.3) is 17.0 Å². The zero-order valence-corrected chi connectivity index (χ0v) is 20.7. The van der Waals surface area contributed by atoms with Gasteiger partial charge in [-0.15, -0.1) is 0 Å². The molecule has 3 rings (SSSR count). The fourth-order valence-corrected chi connectivity index (χ4v) is 2.94. The molecule has 0 saturated carbocycles. The van der Waals surface area contributed by atoms with Gasteiger partial charge in [0.15, 0.2) is 6.79 Å². The highest BCUT2D eigenvalue weighted by molar-refractivity contribution is 5.86. The molecule has 188 valence electrons. The molecule has 10 heteroatoms. The summed E-state index contributed by atoms with van der Waals surface area (Å²) in [5, 5.41) is 12.4. The van der Waals surface area contributed by atoms with Gasteiger partial charge in [0.05, 0.1) is 0 Å². The Morgan fingerprint density at radius 2 is 2.03 bits per heavy atom. The Kier molecular flexibility index (Phi) is 8.30. The van der Waals surface area contributed by atoms with Crippen LogP contribution in [0.2, 0.25) is 0 Å². The zero-order chi connectivity index (χ0) is 26.3. The van der Waals surface area contributed by atoms with Crippen molar-refractivity contribution in [2.45, 2.75) is 33.3 Å². The Morgan fingerprint density at radius 1 is 1.25 bits per heavy atom. The highest BCUT2D eigenvalue weighted by atomic mass is 16.7. The number of nitro groups is 1. The lowest BCUT2D eigenvalue weighted by molar-refractivity contribution is -0.389. The summed E-state index contributed by atoms with van der Waals surface area (Å²) in [5.74, 6) is 6.30. The number of aromatic nitrogens is 1. The van der Waals surface area contributed by atoms with E-state index < -0.39 is 22.4 Å². The van der Waals surface area contributed by atoms with Crippen LogP contribution in [-0.2, 0) is 9.47 Å². The van der Waals surface area contributed by atoms with Crippen molar-refractivity contribution in [1.82, 2.24) is 4.98 Å². The summed E-state index contributed by atoms with van der Waals surface area (Å²) in [6, 6.07) is 10.2. The summed E-state index contributed by atoms with van der Waals surface area (Å²) in [6.45, 7) is 7.79. The van der Waals surface area contributed by atoms with Gasteiger partial charge in [0.2, 0.25) is 0 Å². The Labute approximate surface area is 208 Å². The number of pyridine rings is 1.